The first kappa shape index (κ1) is 11.0. The van der Waals surface area contributed by atoms with E-state index in [4.69, 9.17) is 32.1 Å². The van der Waals surface area contributed by atoms with Gasteiger partial charge in [0, 0.05) is 0 Å². The average Bonchev–Trinajstić information content (AvgIpc) is 2.35. The van der Waals surface area contributed by atoms with E-state index in [-0.39, 0.29) is 11.4 Å². The zero-order chi connectivity index (χ0) is 12.1. The van der Waals surface area contributed by atoms with Crippen molar-refractivity contribution in [1.82, 2.24) is 4.98 Å². The van der Waals surface area contributed by atoms with Crippen molar-refractivity contribution in [2.75, 3.05) is 0 Å². The van der Waals surface area contributed by atoms with Crippen molar-refractivity contribution >= 4 is 0 Å². The molecule has 0 saturated carbocycles. The molecule has 0 atom stereocenters. The van der Waals surface area contributed by atoms with Crippen molar-refractivity contribution < 1.29 is 0 Å². The van der Waals surface area contributed by atoms with Crippen LogP contribution in [-0.2, 0) is 0 Å². The molecule has 0 radical (unpaired) electrons. The fourth-order valence-corrected chi connectivity index (χ4v) is 1.22. The Morgan fingerprint density at radius 1 is 0.562 bits per heavy atom. The number of rotatable bonds is 0. The third-order valence-electron chi connectivity index (χ3n) is 1.90. The number of hydrogen-bond acceptors (Lipinski definition) is 1. The van der Waals surface area contributed by atoms with Gasteiger partial charge >= 0.3 is 0 Å². The van der Waals surface area contributed by atoms with Gasteiger partial charge in [-0.05, 0) is 11.8 Å². The summed E-state index contributed by atoms with van der Waals surface area (Å²) >= 11 is 0. The standard InChI is InChI=1S/C15H5N/c1-6-11-12(7-2)14(9-4)16-15(10-5)13(11)8-3/h1-5H. The average molecular weight is 199 g/mol. The predicted molar refractivity (Wildman–Crippen MR) is 63.9 cm³/mol. The summed E-state index contributed by atoms with van der Waals surface area (Å²) in [6.45, 7) is 0. The Bertz CT molecular complexity index is 606. The van der Waals surface area contributed by atoms with Gasteiger partial charge in [0.05, 0.1) is 16.7 Å². The topological polar surface area (TPSA) is 12.9 Å². The fraction of sp³-hybridized carbons (Fsp3) is 0. The maximum atomic E-state index is 5.34. The first-order valence-electron chi connectivity index (χ1n) is 4.14. The van der Waals surface area contributed by atoms with Crippen LogP contribution in [0.5, 0.6) is 0 Å². The van der Waals surface area contributed by atoms with Gasteiger partial charge in [0.2, 0.25) is 0 Å². The molecule has 0 N–H and O–H groups in total. The first-order valence-corrected chi connectivity index (χ1v) is 4.14. The second-order valence-electron chi connectivity index (χ2n) is 2.66. The Balaban J connectivity index is 3.93. The van der Waals surface area contributed by atoms with E-state index in [1.807, 2.05) is 0 Å². The van der Waals surface area contributed by atoms with Crippen molar-refractivity contribution in [3.8, 4) is 61.7 Å². The molecule has 0 bridgehead atoms. The second kappa shape index (κ2) is 4.45. The Hall–Kier alpha value is -3.05. The van der Waals surface area contributed by atoms with E-state index >= 15 is 0 Å². The fourth-order valence-electron chi connectivity index (χ4n) is 1.22. The molecule has 0 saturated heterocycles. The minimum Gasteiger partial charge on any atom is -0.228 e. The predicted octanol–water partition coefficient (Wildman–Crippen LogP) is 0.988. The lowest BCUT2D eigenvalue weighted by molar-refractivity contribution is 1.21. The minimum atomic E-state index is 0.238. The highest BCUT2D eigenvalue weighted by molar-refractivity contribution is 5.65. The Morgan fingerprint density at radius 3 is 1.19 bits per heavy atom. The summed E-state index contributed by atoms with van der Waals surface area (Å²) < 4.78 is 0. The summed E-state index contributed by atoms with van der Waals surface area (Å²) in [4.78, 5) is 4.01. The molecule has 1 aromatic rings. The van der Waals surface area contributed by atoms with Crippen LogP contribution in [0.15, 0.2) is 0 Å². The van der Waals surface area contributed by atoms with Gasteiger partial charge < -0.3 is 0 Å². The molecule has 70 valence electrons. The molecule has 16 heavy (non-hydrogen) atoms. The molecule has 0 spiro atoms. The molecule has 0 aliphatic heterocycles. The summed E-state index contributed by atoms with van der Waals surface area (Å²) in [5.41, 5.74) is 1.49. The van der Waals surface area contributed by atoms with Gasteiger partial charge in [0.15, 0.2) is 0 Å². The number of pyridine rings is 1. The molecule has 1 aromatic heterocycles. The van der Waals surface area contributed by atoms with Crippen LogP contribution in [0.1, 0.15) is 28.1 Å². The molecular weight excluding hydrogens is 194 g/mol. The lowest BCUT2D eigenvalue weighted by atomic mass is 9.99. The van der Waals surface area contributed by atoms with E-state index in [1.54, 1.807) is 0 Å². The zero-order valence-electron chi connectivity index (χ0n) is 8.33. The van der Waals surface area contributed by atoms with Crippen LogP contribution < -0.4 is 0 Å². The number of terminal acetylenes is 5. The summed E-state index contributed by atoms with van der Waals surface area (Å²) in [5, 5.41) is 0. The number of aromatic nitrogens is 1. The Morgan fingerprint density at radius 2 is 0.938 bits per heavy atom. The van der Waals surface area contributed by atoms with E-state index in [1.165, 1.54) is 0 Å². The number of nitrogens with zero attached hydrogens (tertiary/aromatic N) is 1. The van der Waals surface area contributed by atoms with Crippen molar-refractivity contribution in [3.05, 3.63) is 28.1 Å². The molecule has 1 heteroatoms. The molecule has 0 amide bonds. The van der Waals surface area contributed by atoms with E-state index in [2.05, 4.69) is 34.6 Å². The van der Waals surface area contributed by atoms with Gasteiger partial charge in [-0.3, -0.25) is 0 Å². The third kappa shape index (κ3) is 1.49. The quantitative estimate of drug-likeness (QED) is 0.568. The minimum absolute atomic E-state index is 0.238. The lowest BCUT2D eigenvalue weighted by Gasteiger charge is -2.05. The first-order chi connectivity index (χ1) is 7.73. The smallest absolute Gasteiger partial charge is 0.131 e. The molecule has 0 aliphatic rings. The molecule has 1 nitrogen and oxygen atoms in total. The molecule has 0 fully saturated rings. The number of hydrogen-bond donors (Lipinski definition) is 0. The van der Waals surface area contributed by atoms with Crippen LogP contribution in [0.4, 0.5) is 0 Å². The normalized spacial score (nSPS) is 7.69. The van der Waals surface area contributed by atoms with Crippen LogP contribution in [-0.4, -0.2) is 4.98 Å². The highest BCUT2D eigenvalue weighted by Gasteiger charge is 2.13. The van der Waals surface area contributed by atoms with Crippen LogP contribution in [0, 0.1) is 61.7 Å². The summed E-state index contributed by atoms with van der Waals surface area (Å²) in [6, 6.07) is 0. The van der Waals surface area contributed by atoms with Crippen LogP contribution in [0.25, 0.3) is 0 Å². The van der Waals surface area contributed by atoms with Gasteiger partial charge in [-0.25, -0.2) is 4.98 Å². The maximum absolute atomic E-state index is 5.34. The highest BCUT2D eigenvalue weighted by Crippen LogP contribution is 2.18. The summed E-state index contributed by atoms with van der Waals surface area (Å²) in [7, 11) is 0. The van der Waals surface area contributed by atoms with Crippen molar-refractivity contribution in [2.45, 2.75) is 0 Å². The van der Waals surface area contributed by atoms with E-state index in [0.717, 1.165) is 0 Å². The molecule has 0 aliphatic carbocycles. The van der Waals surface area contributed by atoms with Gasteiger partial charge in [-0.2, -0.15) is 0 Å². The van der Waals surface area contributed by atoms with Crippen LogP contribution in [0.2, 0.25) is 0 Å². The molecular formula is C15H5N. The van der Waals surface area contributed by atoms with Crippen molar-refractivity contribution in [3.63, 3.8) is 0 Å². The summed E-state index contributed by atoms with van der Waals surface area (Å²) in [6.07, 6.45) is 26.5. The Labute approximate surface area is 95.3 Å². The van der Waals surface area contributed by atoms with Crippen LogP contribution in [0.3, 0.4) is 0 Å². The Kier molecular flexibility index (Phi) is 3.06. The van der Waals surface area contributed by atoms with Gasteiger partial charge in [0.25, 0.3) is 0 Å². The van der Waals surface area contributed by atoms with Gasteiger partial charge in [-0.15, -0.1) is 32.1 Å². The molecule has 0 aromatic carbocycles. The molecule has 1 heterocycles. The maximum Gasteiger partial charge on any atom is 0.131 e. The van der Waals surface area contributed by atoms with Gasteiger partial charge in [0.1, 0.15) is 11.4 Å². The largest absolute Gasteiger partial charge is 0.228 e. The van der Waals surface area contributed by atoms with E-state index in [9.17, 15) is 0 Å². The van der Waals surface area contributed by atoms with Crippen molar-refractivity contribution in [2.24, 2.45) is 0 Å². The third-order valence-corrected chi connectivity index (χ3v) is 1.90. The monoisotopic (exact) mass is 199 g/mol. The SMILES string of the molecule is C#Cc1nc(C#C)c(C#C)c(C#C)c1C#C. The van der Waals surface area contributed by atoms with Crippen LogP contribution >= 0.6 is 0 Å². The molecule has 1 rings (SSSR count). The second-order valence-corrected chi connectivity index (χ2v) is 2.66. The highest BCUT2D eigenvalue weighted by atomic mass is 14.7. The zero-order valence-corrected chi connectivity index (χ0v) is 8.33. The van der Waals surface area contributed by atoms with Crippen molar-refractivity contribution in [1.29, 1.82) is 0 Å². The lowest BCUT2D eigenvalue weighted by Crippen LogP contribution is -2.02. The molecule has 0 unspecified atom stereocenters. The van der Waals surface area contributed by atoms with Gasteiger partial charge in [-0.1, -0.05) is 17.8 Å². The van der Waals surface area contributed by atoms with E-state index in [0.29, 0.717) is 16.7 Å². The van der Waals surface area contributed by atoms with E-state index < -0.39 is 0 Å². The summed E-state index contributed by atoms with van der Waals surface area (Å²) in [5.74, 6) is 11.8.